The van der Waals surface area contributed by atoms with E-state index in [2.05, 4.69) is 0 Å². The number of rotatable bonds is 4. The fraction of sp³-hybridized carbons (Fsp3) is 0.0870. The Morgan fingerprint density at radius 2 is 1.70 bits per heavy atom. The fourth-order valence-corrected chi connectivity index (χ4v) is 3.59. The summed E-state index contributed by atoms with van der Waals surface area (Å²) in [6, 6.07) is 15.0. The topological polar surface area (TPSA) is 90.2 Å². The molecule has 0 saturated carbocycles. The number of phenolic OH excluding ortho intramolecular Hbond substituents is 2. The first-order valence-corrected chi connectivity index (χ1v) is 9.24. The Hall–Kier alpha value is -4.13. The van der Waals surface area contributed by atoms with E-state index >= 15 is 0 Å². The molecule has 3 aromatic carbocycles. The third kappa shape index (κ3) is 2.79. The molecule has 0 unspecified atom stereocenters. The second-order valence-electron chi connectivity index (χ2n) is 6.91. The summed E-state index contributed by atoms with van der Waals surface area (Å²) in [4.78, 5) is 18.8. The Kier molecular flexibility index (Phi) is 4.03. The van der Waals surface area contributed by atoms with Gasteiger partial charge in [-0.3, -0.25) is 4.79 Å². The molecule has 2 heterocycles. The molecule has 0 saturated heterocycles. The first-order valence-electron chi connectivity index (χ1n) is 9.24. The van der Waals surface area contributed by atoms with E-state index in [4.69, 9.17) is 14.3 Å². The van der Waals surface area contributed by atoms with Crippen LogP contribution < -0.4 is 19.9 Å². The maximum Gasteiger partial charge on any atom is 0.294 e. The van der Waals surface area contributed by atoms with Crippen LogP contribution in [0.25, 0.3) is 21.9 Å². The van der Waals surface area contributed by atoms with Crippen molar-refractivity contribution in [1.82, 2.24) is 4.73 Å². The molecule has 2 N–H and O–H groups in total. The maximum absolute atomic E-state index is 13.0. The Bertz CT molecular complexity index is 1340. The van der Waals surface area contributed by atoms with Crippen LogP contribution in [0.15, 0.2) is 65.6 Å². The summed E-state index contributed by atoms with van der Waals surface area (Å²) >= 11 is 0. The van der Waals surface area contributed by atoms with E-state index in [-0.39, 0.29) is 23.5 Å². The number of methoxy groups -OCH3 is 1. The molecule has 4 aromatic rings. The van der Waals surface area contributed by atoms with Crippen LogP contribution >= 0.6 is 0 Å². The quantitative estimate of drug-likeness (QED) is 0.474. The van der Waals surface area contributed by atoms with Crippen LogP contribution in [-0.4, -0.2) is 22.1 Å². The van der Waals surface area contributed by atoms with Crippen molar-refractivity contribution in [2.24, 2.45) is 0 Å². The van der Waals surface area contributed by atoms with E-state index in [1.54, 1.807) is 43.6 Å². The summed E-state index contributed by atoms with van der Waals surface area (Å²) in [6.45, 7) is 0.138. The van der Waals surface area contributed by atoms with Crippen LogP contribution in [-0.2, 0) is 6.61 Å². The zero-order valence-corrected chi connectivity index (χ0v) is 16.0. The molecule has 0 amide bonds. The second kappa shape index (κ2) is 6.73. The molecule has 0 aliphatic carbocycles. The van der Waals surface area contributed by atoms with Crippen molar-refractivity contribution in [3.8, 4) is 39.9 Å². The number of fused-ring (bicyclic) bond motifs is 2. The van der Waals surface area contributed by atoms with Gasteiger partial charge >= 0.3 is 0 Å². The van der Waals surface area contributed by atoms with Crippen molar-refractivity contribution in [2.75, 3.05) is 7.11 Å². The minimum absolute atomic E-state index is 0.0611. The highest BCUT2D eigenvalue weighted by atomic mass is 16.7. The Balaban J connectivity index is 1.65. The van der Waals surface area contributed by atoms with E-state index in [1.165, 1.54) is 12.1 Å². The lowest BCUT2D eigenvalue weighted by Crippen LogP contribution is -2.27. The average Bonchev–Trinajstić information content (AvgIpc) is 2.76. The lowest BCUT2D eigenvalue weighted by atomic mass is 9.96. The number of benzene rings is 3. The normalized spacial score (nSPS) is 11.6. The molecule has 0 fully saturated rings. The highest BCUT2D eigenvalue weighted by molar-refractivity contribution is 6.05. The molecule has 1 aliphatic rings. The zero-order valence-electron chi connectivity index (χ0n) is 16.0. The van der Waals surface area contributed by atoms with Crippen molar-refractivity contribution >= 4 is 10.8 Å². The van der Waals surface area contributed by atoms with E-state index in [1.807, 2.05) is 12.1 Å². The third-order valence-corrected chi connectivity index (χ3v) is 5.08. The minimum Gasteiger partial charge on any atom is -0.508 e. The molecule has 5 rings (SSSR count). The van der Waals surface area contributed by atoms with Gasteiger partial charge in [0.15, 0.2) is 0 Å². The fourth-order valence-electron chi connectivity index (χ4n) is 3.59. The number of nitrogens with zero attached hydrogens (tertiary/aromatic N) is 1. The molecular weight excluding hydrogens is 386 g/mol. The molecule has 1 aromatic heterocycles. The van der Waals surface area contributed by atoms with Gasteiger partial charge in [-0.25, -0.2) is 0 Å². The monoisotopic (exact) mass is 403 g/mol. The molecule has 0 radical (unpaired) electrons. The van der Waals surface area contributed by atoms with Crippen LogP contribution in [0.5, 0.6) is 28.7 Å². The number of hydrogen-bond acceptors (Lipinski definition) is 6. The summed E-state index contributed by atoms with van der Waals surface area (Å²) in [5.41, 5.74) is 1.55. The van der Waals surface area contributed by atoms with Crippen LogP contribution in [0.1, 0.15) is 5.56 Å². The van der Waals surface area contributed by atoms with Gasteiger partial charge in [0.2, 0.25) is 0 Å². The van der Waals surface area contributed by atoms with Crippen molar-refractivity contribution in [3.63, 3.8) is 0 Å². The molecule has 1 aliphatic heterocycles. The van der Waals surface area contributed by atoms with Gasteiger partial charge in [0.05, 0.1) is 18.7 Å². The smallest absolute Gasteiger partial charge is 0.294 e. The largest absolute Gasteiger partial charge is 0.508 e. The highest BCUT2D eigenvalue weighted by Crippen LogP contribution is 2.48. The minimum atomic E-state index is -0.506. The number of pyridine rings is 1. The molecular formula is C23H17NO6. The van der Waals surface area contributed by atoms with Crippen LogP contribution in [0.3, 0.4) is 0 Å². The van der Waals surface area contributed by atoms with Crippen molar-refractivity contribution in [2.45, 2.75) is 6.61 Å². The summed E-state index contributed by atoms with van der Waals surface area (Å²) in [5, 5.41) is 20.9. The van der Waals surface area contributed by atoms with E-state index < -0.39 is 5.56 Å². The van der Waals surface area contributed by atoms with Gasteiger partial charge in [0, 0.05) is 16.5 Å². The predicted molar refractivity (Wildman–Crippen MR) is 110 cm³/mol. The molecule has 7 heteroatoms. The Labute approximate surface area is 170 Å². The number of aromatic nitrogens is 1. The predicted octanol–water partition coefficient (Wildman–Crippen LogP) is 3.82. The SMILES string of the molecule is COc1ccc(COn2cc3c4c(ccc(O)c4c2=O)Oc2ccc(O)cc2-3)cc1. The van der Waals surface area contributed by atoms with Crippen molar-refractivity contribution in [1.29, 1.82) is 0 Å². The number of aromatic hydroxyl groups is 2. The molecule has 150 valence electrons. The molecule has 7 nitrogen and oxygen atoms in total. The number of hydrogen-bond donors (Lipinski definition) is 2. The Morgan fingerprint density at radius 1 is 0.933 bits per heavy atom. The molecule has 0 bridgehead atoms. The van der Waals surface area contributed by atoms with Gasteiger partial charge in [0.25, 0.3) is 5.56 Å². The van der Waals surface area contributed by atoms with Gasteiger partial charge in [0.1, 0.15) is 35.4 Å². The summed E-state index contributed by atoms with van der Waals surface area (Å²) in [7, 11) is 1.59. The summed E-state index contributed by atoms with van der Waals surface area (Å²) in [6.07, 6.45) is 1.55. The lowest BCUT2D eigenvalue weighted by molar-refractivity contribution is 0.0904. The van der Waals surface area contributed by atoms with Gasteiger partial charge < -0.3 is 24.5 Å². The average molecular weight is 403 g/mol. The number of phenols is 2. The van der Waals surface area contributed by atoms with Gasteiger partial charge in [-0.1, -0.05) is 12.1 Å². The van der Waals surface area contributed by atoms with Crippen LogP contribution in [0, 0.1) is 0 Å². The molecule has 30 heavy (non-hydrogen) atoms. The first-order chi connectivity index (χ1) is 14.5. The van der Waals surface area contributed by atoms with Crippen molar-refractivity contribution < 1.29 is 24.5 Å². The zero-order chi connectivity index (χ0) is 20.8. The maximum atomic E-state index is 13.0. The standard InChI is InChI=1S/C23H17NO6/c1-28-15-5-2-13(3-6-15)12-29-24-11-17-16-10-14(25)4-8-19(16)30-20-9-7-18(26)22(21(17)20)23(24)27/h2-11,25-26H,12H2,1H3. The van der Waals surface area contributed by atoms with Crippen LogP contribution in [0.4, 0.5) is 0 Å². The third-order valence-electron chi connectivity index (χ3n) is 5.08. The summed E-state index contributed by atoms with van der Waals surface area (Å²) in [5.74, 6) is 1.60. The van der Waals surface area contributed by atoms with Gasteiger partial charge in [-0.05, 0) is 48.0 Å². The van der Waals surface area contributed by atoms with Gasteiger partial charge in [-0.15, -0.1) is 0 Å². The van der Waals surface area contributed by atoms with E-state index in [9.17, 15) is 15.0 Å². The van der Waals surface area contributed by atoms with Crippen molar-refractivity contribution in [3.05, 3.63) is 76.7 Å². The summed E-state index contributed by atoms with van der Waals surface area (Å²) < 4.78 is 12.1. The van der Waals surface area contributed by atoms with E-state index in [0.29, 0.717) is 28.0 Å². The highest BCUT2D eigenvalue weighted by Gasteiger charge is 2.25. The number of ether oxygens (including phenoxy) is 2. The molecule has 0 spiro atoms. The van der Waals surface area contributed by atoms with Crippen LogP contribution in [0.2, 0.25) is 0 Å². The second-order valence-corrected chi connectivity index (χ2v) is 6.91. The van der Waals surface area contributed by atoms with E-state index in [0.717, 1.165) is 16.0 Å². The lowest BCUT2D eigenvalue weighted by Gasteiger charge is -2.22. The Morgan fingerprint density at radius 3 is 2.47 bits per heavy atom. The molecule has 0 atom stereocenters. The van der Waals surface area contributed by atoms with Gasteiger partial charge in [-0.2, -0.15) is 4.73 Å². The first kappa shape index (κ1) is 17.9.